The standard InChI is InChI=1S/C9H6BrClS2/c10-9-5(4-11)1-2-7-6(9)3-8(12)13-7/h1-3,12H,4H2. The number of thiol groups is 1. The second-order valence-corrected chi connectivity index (χ2v) is 5.60. The van der Waals surface area contributed by atoms with Crippen molar-refractivity contribution in [1.29, 1.82) is 0 Å². The predicted molar refractivity (Wildman–Crippen MR) is 66.3 cm³/mol. The molecule has 0 aliphatic carbocycles. The first-order valence-electron chi connectivity index (χ1n) is 3.68. The molecule has 0 aliphatic rings. The second-order valence-electron chi connectivity index (χ2n) is 2.67. The fourth-order valence-corrected chi connectivity index (χ4v) is 3.56. The topological polar surface area (TPSA) is 0 Å². The molecule has 0 atom stereocenters. The Balaban J connectivity index is 2.78. The van der Waals surface area contributed by atoms with Crippen LogP contribution in [0, 0.1) is 0 Å². The molecule has 0 bridgehead atoms. The molecule has 0 aliphatic heterocycles. The van der Waals surface area contributed by atoms with Gasteiger partial charge in [0.1, 0.15) is 0 Å². The highest BCUT2D eigenvalue weighted by Crippen LogP contribution is 2.35. The average molecular weight is 294 g/mol. The monoisotopic (exact) mass is 292 g/mol. The third kappa shape index (κ3) is 1.75. The summed E-state index contributed by atoms with van der Waals surface area (Å²) in [7, 11) is 0. The zero-order valence-electron chi connectivity index (χ0n) is 6.55. The Morgan fingerprint density at radius 1 is 1.46 bits per heavy atom. The molecular weight excluding hydrogens is 288 g/mol. The van der Waals surface area contributed by atoms with E-state index in [-0.39, 0.29) is 0 Å². The normalized spacial score (nSPS) is 11.0. The molecule has 0 saturated carbocycles. The van der Waals surface area contributed by atoms with Crippen molar-refractivity contribution in [1.82, 2.24) is 0 Å². The van der Waals surface area contributed by atoms with E-state index in [9.17, 15) is 0 Å². The average Bonchev–Trinajstić information content (AvgIpc) is 2.47. The Morgan fingerprint density at radius 2 is 2.23 bits per heavy atom. The smallest absolute Gasteiger partial charge is 0.0581 e. The fourth-order valence-electron chi connectivity index (χ4n) is 1.21. The Hall–Kier alpha value is 0.300. The number of hydrogen-bond donors (Lipinski definition) is 1. The van der Waals surface area contributed by atoms with Gasteiger partial charge in [-0.3, -0.25) is 0 Å². The molecule has 0 fully saturated rings. The van der Waals surface area contributed by atoms with E-state index >= 15 is 0 Å². The second kappa shape index (κ2) is 3.81. The van der Waals surface area contributed by atoms with Crippen molar-refractivity contribution in [3.63, 3.8) is 0 Å². The van der Waals surface area contributed by atoms with Gasteiger partial charge in [0.25, 0.3) is 0 Å². The number of hydrogen-bond acceptors (Lipinski definition) is 2. The van der Waals surface area contributed by atoms with E-state index in [0.717, 1.165) is 14.2 Å². The van der Waals surface area contributed by atoms with Crippen molar-refractivity contribution < 1.29 is 0 Å². The van der Waals surface area contributed by atoms with Crippen LogP contribution in [0.2, 0.25) is 0 Å². The molecule has 1 heterocycles. The van der Waals surface area contributed by atoms with Gasteiger partial charge in [0.2, 0.25) is 0 Å². The molecule has 1 aromatic carbocycles. The molecule has 68 valence electrons. The molecule has 1 aromatic heterocycles. The molecule has 13 heavy (non-hydrogen) atoms. The minimum Gasteiger partial charge on any atom is -0.133 e. The number of rotatable bonds is 1. The van der Waals surface area contributed by atoms with Crippen molar-refractivity contribution in [2.75, 3.05) is 0 Å². The molecule has 0 amide bonds. The molecule has 0 spiro atoms. The van der Waals surface area contributed by atoms with Crippen molar-refractivity contribution in [2.24, 2.45) is 0 Å². The van der Waals surface area contributed by atoms with E-state index in [1.807, 2.05) is 6.07 Å². The van der Waals surface area contributed by atoms with Gasteiger partial charge in [-0.2, -0.15) is 0 Å². The highest BCUT2D eigenvalue weighted by Gasteiger charge is 2.06. The van der Waals surface area contributed by atoms with Gasteiger partial charge in [0.15, 0.2) is 0 Å². The van der Waals surface area contributed by atoms with Crippen LogP contribution in [-0.2, 0) is 5.88 Å². The van der Waals surface area contributed by atoms with Gasteiger partial charge in [-0.1, -0.05) is 6.07 Å². The minimum absolute atomic E-state index is 0.536. The third-order valence-electron chi connectivity index (χ3n) is 1.85. The summed E-state index contributed by atoms with van der Waals surface area (Å²) >= 11 is 15.3. The Bertz CT molecular complexity index is 450. The molecule has 0 nitrogen and oxygen atoms in total. The van der Waals surface area contributed by atoms with Crippen LogP contribution in [0.3, 0.4) is 0 Å². The number of alkyl halides is 1. The first-order chi connectivity index (χ1) is 6.22. The summed E-state index contributed by atoms with van der Waals surface area (Å²) < 4.78 is 3.37. The lowest BCUT2D eigenvalue weighted by atomic mass is 10.2. The highest BCUT2D eigenvalue weighted by molar-refractivity contribution is 9.10. The summed E-state index contributed by atoms with van der Waals surface area (Å²) in [5.74, 6) is 0.536. The predicted octanol–water partition coefficient (Wildman–Crippen LogP) is 4.69. The Kier molecular flexibility index (Phi) is 2.88. The molecule has 2 aromatic rings. The Morgan fingerprint density at radius 3 is 2.92 bits per heavy atom. The first kappa shape index (κ1) is 9.84. The molecular formula is C9H6BrClS2. The van der Waals surface area contributed by atoms with Gasteiger partial charge in [0, 0.05) is 20.4 Å². The van der Waals surface area contributed by atoms with Crippen LogP contribution >= 0.6 is 51.5 Å². The summed E-state index contributed by atoms with van der Waals surface area (Å²) in [6.45, 7) is 0. The largest absolute Gasteiger partial charge is 0.133 e. The maximum Gasteiger partial charge on any atom is 0.0581 e. The van der Waals surface area contributed by atoms with E-state index in [1.165, 1.54) is 10.1 Å². The molecule has 0 unspecified atom stereocenters. The van der Waals surface area contributed by atoms with Gasteiger partial charge in [-0.15, -0.1) is 35.6 Å². The summed E-state index contributed by atoms with van der Waals surface area (Å²) in [6, 6.07) is 6.19. The summed E-state index contributed by atoms with van der Waals surface area (Å²) in [4.78, 5) is 0. The van der Waals surface area contributed by atoms with Crippen molar-refractivity contribution in [3.8, 4) is 0 Å². The number of halogens is 2. The van der Waals surface area contributed by atoms with E-state index in [4.69, 9.17) is 11.6 Å². The lowest BCUT2D eigenvalue weighted by Gasteiger charge is -2.00. The lowest BCUT2D eigenvalue weighted by Crippen LogP contribution is -1.79. The summed E-state index contributed by atoms with van der Waals surface area (Å²) in [6.07, 6.45) is 0. The maximum atomic E-state index is 5.79. The lowest BCUT2D eigenvalue weighted by molar-refractivity contribution is 1.40. The number of fused-ring (bicyclic) bond motifs is 1. The molecule has 0 N–H and O–H groups in total. The van der Waals surface area contributed by atoms with Crippen LogP contribution in [0.1, 0.15) is 5.56 Å². The Labute approximate surface area is 99.4 Å². The molecule has 0 radical (unpaired) electrons. The van der Waals surface area contributed by atoms with Crippen LogP contribution in [0.5, 0.6) is 0 Å². The van der Waals surface area contributed by atoms with Crippen LogP contribution in [0.15, 0.2) is 26.9 Å². The van der Waals surface area contributed by atoms with Crippen molar-refractivity contribution >= 4 is 61.6 Å². The van der Waals surface area contributed by atoms with E-state index in [0.29, 0.717) is 5.88 Å². The molecule has 0 saturated heterocycles. The van der Waals surface area contributed by atoms with Gasteiger partial charge in [-0.25, -0.2) is 0 Å². The van der Waals surface area contributed by atoms with E-state index in [2.05, 4.69) is 40.7 Å². The maximum absolute atomic E-state index is 5.79. The quantitative estimate of drug-likeness (QED) is 0.572. The zero-order valence-corrected chi connectivity index (χ0v) is 10.6. The van der Waals surface area contributed by atoms with Crippen LogP contribution in [0.4, 0.5) is 0 Å². The van der Waals surface area contributed by atoms with Crippen molar-refractivity contribution in [3.05, 3.63) is 28.2 Å². The SMILES string of the molecule is Sc1cc2c(Br)c(CCl)ccc2s1. The van der Waals surface area contributed by atoms with Crippen LogP contribution in [0.25, 0.3) is 10.1 Å². The first-order valence-corrected chi connectivity index (χ1v) is 6.27. The van der Waals surface area contributed by atoms with Crippen molar-refractivity contribution in [2.45, 2.75) is 10.1 Å². The molecule has 2 rings (SSSR count). The number of benzene rings is 1. The van der Waals surface area contributed by atoms with Gasteiger partial charge >= 0.3 is 0 Å². The minimum atomic E-state index is 0.536. The van der Waals surface area contributed by atoms with Gasteiger partial charge < -0.3 is 0 Å². The zero-order chi connectivity index (χ0) is 9.42. The van der Waals surface area contributed by atoms with E-state index in [1.54, 1.807) is 11.3 Å². The van der Waals surface area contributed by atoms with E-state index < -0.39 is 0 Å². The fraction of sp³-hybridized carbons (Fsp3) is 0.111. The van der Waals surface area contributed by atoms with Gasteiger partial charge in [-0.05, 0) is 33.6 Å². The highest BCUT2D eigenvalue weighted by atomic mass is 79.9. The van der Waals surface area contributed by atoms with Crippen LogP contribution in [-0.4, -0.2) is 0 Å². The van der Waals surface area contributed by atoms with Crippen LogP contribution < -0.4 is 0 Å². The third-order valence-corrected chi connectivity index (χ3v) is 4.38. The van der Waals surface area contributed by atoms with Gasteiger partial charge in [0.05, 0.1) is 4.21 Å². The number of thiophene rings is 1. The summed E-state index contributed by atoms with van der Waals surface area (Å²) in [5.41, 5.74) is 1.13. The summed E-state index contributed by atoms with van der Waals surface area (Å²) in [5, 5.41) is 1.20. The molecule has 4 heteroatoms.